The van der Waals surface area contributed by atoms with E-state index in [9.17, 15) is 0 Å². The van der Waals surface area contributed by atoms with E-state index in [-0.39, 0.29) is 0 Å². The SMILES string of the molecule is c1ccc2c(c1)sc1c2sc2c1c1ccccc1n2-c1ccc2c3ccccc3c3ccccc3c2c1. The second-order valence-corrected chi connectivity index (χ2v) is 11.8. The van der Waals surface area contributed by atoms with Gasteiger partial charge in [-0.05, 0) is 56.6 Å². The monoisotopic (exact) mass is 505 g/mol. The molecule has 0 N–H and O–H groups in total. The molecule has 0 saturated heterocycles. The number of hydrogen-bond donors (Lipinski definition) is 0. The van der Waals surface area contributed by atoms with E-state index in [1.807, 2.05) is 22.7 Å². The van der Waals surface area contributed by atoms with Crippen molar-refractivity contribution in [3.05, 3.63) is 115 Å². The Hall–Kier alpha value is -4.18. The Bertz CT molecular complexity index is 2330. The molecule has 0 aliphatic carbocycles. The van der Waals surface area contributed by atoms with E-state index in [0.29, 0.717) is 0 Å². The summed E-state index contributed by atoms with van der Waals surface area (Å²) in [5.41, 5.74) is 2.49. The first kappa shape index (κ1) is 19.9. The van der Waals surface area contributed by atoms with Gasteiger partial charge in [-0.15, -0.1) is 22.7 Å². The van der Waals surface area contributed by atoms with Gasteiger partial charge in [-0.1, -0.05) is 91.0 Å². The summed E-state index contributed by atoms with van der Waals surface area (Å²) in [6.45, 7) is 0. The van der Waals surface area contributed by atoms with Crippen molar-refractivity contribution in [3.63, 3.8) is 0 Å². The molecule has 0 atom stereocenters. The molecule has 9 rings (SSSR count). The number of fused-ring (bicyclic) bond motifs is 13. The highest BCUT2D eigenvalue weighted by Crippen LogP contribution is 2.49. The molecule has 9 aromatic rings. The summed E-state index contributed by atoms with van der Waals surface area (Å²) in [5.74, 6) is 0. The Balaban J connectivity index is 1.44. The van der Waals surface area contributed by atoms with E-state index in [0.717, 1.165) is 0 Å². The Morgan fingerprint density at radius 1 is 0.432 bits per heavy atom. The van der Waals surface area contributed by atoms with Gasteiger partial charge in [0.15, 0.2) is 0 Å². The first-order chi connectivity index (χ1) is 18.4. The Labute approximate surface area is 220 Å². The van der Waals surface area contributed by atoms with Crippen molar-refractivity contribution < 1.29 is 0 Å². The van der Waals surface area contributed by atoms with Gasteiger partial charge in [0.05, 0.1) is 14.9 Å². The summed E-state index contributed by atoms with van der Waals surface area (Å²) in [7, 11) is 0. The highest BCUT2D eigenvalue weighted by molar-refractivity contribution is 7.36. The Kier molecular flexibility index (Phi) is 3.88. The molecular formula is C34H19NS2. The zero-order valence-corrected chi connectivity index (χ0v) is 21.4. The minimum absolute atomic E-state index is 1.22. The summed E-state index contributed by atoms with van der Waals surface area (Å²) < 4.78 is 6.67. The summed E-state index contributed by atoms with van der Waals surface area (Å²) >= 11 is 3.85. The molecule has 6 aromatic carbocycles. The molecule has 37 heavy (non-hydrogen) atoms. The van der Waals surface area contributed by atoms with Gasteiger partial charge in [-0.25, -0.2) is 0 Å². The van der Waals surface area contributed by atoms with Crippen LogP contribution in [0.25, 0.3) is 78.6 Å². The van der Waals surface area contributed by atoms with Crippen LogP contribution in [0.1, 0.15) is 0 Å². The van der Waals surface area contributed by atoms with E-state index >= 15 is 0 Å². The molecular weight excluding hydrogens is 487 g/mol. The standard InChI is InChI=1S/C34H19NS2/c1-2-11-23-21(9-1)22-10-3-4-12-24(22)28-19-20(17-18-25(23)28)35-29-15-7-5-13-26(29)31-33-32(37-34(31)35)27-14-6-8-16-30(27)36-33/h1-19H. The Morgan fingerprint density at radius 2 is 1.00 bits per heavy atom. The van der Waals surface area contributed by atoms with Crippen LogP contribution in [0.2, 0.25) is 0 Å². The molecule has 3 heterocycles. The molecule has 3 aromatic heterocycles. The maximum atomic E-state index is 2.49. The maximum Gasteiger partial charge on any atom is 0.110 e. The molecule has 0 saturated carbocycles. The van der Waals surface area contributed by atoms with Crippen LogP contribution in [0.5, 0.6) is 0 Å². The van der Waals surface area contributed by atoms with Crippen molar-refractivity contribution >= 4 is 95.6 Å². The van der Waals surface area contributed by atoms with Crippen molar-refractivity contribution in [2.24, 2.45) is 0 Å². The van der Waals surface area contributed by atoms with Crippen molar-refractivity contribution in [1.82, 2.24) is 4.57 Å². The molecule has 0 spiro atoms. The number of nitrogens with zero attached hydrogens (tertiary/aromatic N) is 1. The predicted octanol–water partition coefficient (Wildman–Crippen LogP) is 10.7. The zero-order valence-electron chi connectivity index (χ0n) is 19.7. The highest BCUT2D eigenvalue weighted by Gasteiger charge is 2.21. The van der Waals surface area contributed by atoms with Crippen LogP contribution in [-0.4, -0.2) is 4.57 Å². The van der Waals surface area contributed by atoms with Crippen LogP contribution in [0.15, 0.2) is 115 Å². The molecule has 0 fully saturated rings. The summed E-state index contributed by atoms with van der Waals surface area (Å²) in [6, 6.07) is 42.4. The lowest BCUT2D eigenvalue weighted by molar-refractivity contribution is 1.20. The second kappa shape index (κ2) is 7.19. The van der Waals surface area contributed by atoms with Crippen LogP contribution in [0, 0.1) is 0 Å². The number of benzene rings is 6. The van der Waals surface area contributed by atoms with Crippen LogP contribution >= 0.6 is 22.7 Å². The minimum Gasteiger partial charge on any atom is -0.301 e. The van der Waals surface area contributed by atoms with Crippen LogP contribution in [-0.2, 0) is 0 Å². The van der Waals surface area contributed by atoms with Gasteiger partial charge < -0.3 is 4.57 Å². The van der Waals surface area contributed by atoms with Crippen LogP contribution in [0.3, 0.4) is 0 Å². The van der Waals surface area contributed by atoms with Crippen LogP contribution < -0.4 is 0 Å². The largest absolute Gasteiger partial charge is 0.301 e. The summed E-state index contributed by atoms with van der Waals surface area (Å²) in [6.07, 6.45) is 0. The Morgan fingerprint density at radius 3 is 1.73 bits per heavy atom. The minimum atomic E-state index is 1.22. The van der Waals surface area contributed by atoms with Gasteiger partial charge in [0.25, 0.3) is 0 Å². The first-order valence-corrected chi connectivity index (χ1v) is 14.2. The van der Waals surface area contributed by atoms with E-state index < -0.39 is 0 Å². The van der Waals surface area contributed by atoms with Gasteiger partial charge in [-0.2, -0.15) is 0 Å². The molecule has 0 radical (unpaired) electrons. The third-order valence-corrected chi connectivity index (χ3v) is 10.3. The number of para-hydroxylation sites is 1. The lowest BCUT2D eigenvalue weighted by Gasteiger charge is -2.13. The maximum absolute atomic E-state index is 2.49. The van der Waals surface area contributed by atoms with E-state index in [1.165, 1.54) is 78.6 Å². The van der Waals surface area contributed by atoms with Crippen molar-refractivity contribution in [2.75, 3.05) is 0 Å². The topological polar surface area (TPSA) is 4.93 Å². The molecule has 0 bridgehead atoms. The average Bonchev–Trinajstić information content (AvgIpc) is 3.60. The van der Waals surface area contributed by atoms with Gasteiger partial charge in [0, 0.05) is 26.5 Å². The average molecular weight is 506 g/mol. The normalized spacial score (nSPS) is 12.3. The number of rotatable bonds is 1. The van der Waals surface area contributed by atoms with E-state index in [2.05, 4.69) is 120 Å². The molecule has 3 heteroatoms. The van der Waals surface area contributed by atoms with Gasteiger partial charge in [-0.3, -0.25) is 0 Å². The number of aromatic nitrogens is 1. The summed E-state index contributed by atoms with van der Waals surface area (Å²) in [4.78, 5) is 1.33. The lowest BCUT2D eigenvalue weighted by atomic mass is 9.94. The molecule has 1 nitrogen and oxygen atoms in total. The van der Waals surface area contributed by atoms with Crippen molar-refractivity contribution in [2.45, 2.75) is 0 Å². The van der Waals surface area contributed by atoms with Gasteiger partial charge in [0.2, 0.25) is 0 Å². The second-order valence-electron chi connectivity index (χ2n) is 9.71. The molecule has 0 aliphatic heterocycles. The van der Waals surface area contributed by atoms with Gasteiger partial charge >= 0.3 is 0 Å². The fourth-order valence-electron chi connectivity index (χ4n) is 6.21. The third kappa shape index (κ3) is 2.58. The van der Waals surface area contributed by atoms with Crippen molar-refractivity contribution in [3.8, 4) is 5.69 Å². The molecule has 0 amide bonds. The smallest absolute Gasteiger partial charge is 0.110 e. The number of hydrogen-bond acceptors (Lipinski definition) is 2. The highest BCUT2D eigenvalue weighted by atomic mass is 32.1. The van der Waals surface area contributed by atoms with Gasteiger partial charge in [0.1, 0.15) is 4.83 Å². The predicted molar refractivity (Wildman–Crippen MR) is 164 cm³/mol. The zero-order chi connectivity index (χ0) is 24.1. The van der Waals surface area contributed by atoms with E-state index in [1.54, 1.807) is 0 Å². The van der Waals surface area contributed by atoms with Crippen molar-refractivity contribution in [1.29, 1.82) is 0 Å². The van der Waals surface area contributed by atoms with Crippen LogP contribution in [0.4, 0.5) is 0 Å². The first-order valence-electron chi connectivity index (χ1n) is 12.5. The third-order valence-electron chi connectivity index (χ3n) is 7.79. The molecule has 172 valence electrons. The fourth-order valence-corrected chi connectivity index (χ4v) is 9.03. The summed E-state index contributed by atoms with van der Waals surface area (Å²) in [5, 5.41) is 12.0. The van der Waals surface area contributed by atoms with E-state index in [4.69, 9.17) is 0 Å². The quantitative estimate of drug-likeness (QED) is 0.196. The lowest BCUT2D eigenvalue weighted by Crippen LogP contribution is -1.93. The molecule has 0 aliphatic rings. The fraction of sp³-hybridized carbons (Fsp3) is 0. The molecule has 0 unspecified atom stereocenters. The number of thiophene rings is 2.